The molecule has 12 nitrogen and oxygen atoms in total. The Labute approximate surface area is 211 Å². The number of azo groups is 1. The summed E-state index contributed by atoms with van der Waals surface area (Å²) in [6.07, 6.45) is 2.64. The first-order chi connectivity index (χ1) is 18.0. The number of pyridine rings is 1. The first-order valence-electron chi connectivity index (χ1n) is 10.6. The second-order valence-corrected chi connectivity index (χ2v) is 7.17. The summed E-state index contributed by atoms with van der Waals surface area (Å²) in [6, 6.07) is 16.8. The first kappa shape index (κ1) is 25.8. The van der Waals surface area contributed by atoms with Crippen molar-refractivity contribution in [3.05, 3.63) is 75.3 Å². The topological polar surface area (TPSA) is 179 Å². The number of carbonyl (C=O) groups is 1. The quantitative estimate of drug-likeness (QED) is 0.106. The predicted molar refractivity (Wildman–Crippen MR) is 134 cm³/mol. The molecule has 0 aliphatic rings. The number of non-ortho nitro benzene ring substituents is 1. The zero-order valence-electron chi connectivity index (χ0n) is 19.4. The van der Waals surface area contributed by atoms with Crippen LogP contribution in [0.15, 0.2) is 58.8 Å². The van der Waals surface area contributed by atoms with E-state index in [1.54, 1.807) is 6.92 Å². The SMILES string of the molecule is Cc1c(C#N)c(NCCOC#CC=O)nc(Nc2ccccc2)c1N=Nc1ccc([N+](=O)[O-])cc1C#N. The number of hydrogen-bond donors (Lipinski definition) is 2. The Morgan fingerprint density at radius 3 is 2.59 bits per heavy atom. The third-order valence-corrected chi connectivity index (χ3v) is 4.82. The van der Waals surface area contributed by atoms with E-state index in [1.165, 1.54) is 12.1 Å². The van der Waals surface area contributed by atoms with Crippen molar-refractivity contribution in [3.63, 3.8) is 0 Å². The van der Waals surface area contributed by atoms with Crippen molar-refractivity contribution in [1.29, 1.82) is 10.5 Å². The van der Waals surface area contributed by atoms with Crippen molar-refractivity contribution in [2.75, 3.05) is 23.8 Å². The molecule has 0 aliphatic carbocycles. The molecule has 2 aromatic carbocycles. The minimum atomic E-state index is -0.609. The maximum Gasteiger partial charge on any atom is 0.270 e. The number of para-hydroxylation sites is 1. The number of aldehydes is 1. The van der Waals surface area contributed by atoms with Crippen LogP contribution < -0.4 is 10.6 Å². The standard InChI is InChI=1S/C25H18N8O4/c1-17-21(16-27)24(28-10-13-37-12-5-11-34)30-25(29-19-6-3-2-4-7-19)23(17)32-31-22-9-8-20(33(35)36)14-18(22)15-26/h2-4,6-9,11,14H,10,13H2,1H3,(H2,28,29,30). The summed E-state index contributed by atoms with van der Waals surface area (Å²) in [4.78, 5) is 25.2. The molecule has 3 rings (SSSR count). The molecule has 0 fully saturated rings. The van der Waals surface area contributed by atoms with Gasteiger partial charge in [-0.2, -0.15) is 10.5 Å². The van der Waals surface area contributed by atoms with E-state index in [2.05, 4.69) is 43.9 Å². The highest BCUT2D eigenvalue weighted by Crippen LogP contribution is 2.37. The van der Waals surface area contributed by atoms with Crippen molar-refractivity contribution in [1.82, 2.24) is 4.98 Å². The molecule has 1 aromatic heterocycles. The lowest BCUT2D eigenvalue weighted by atomic mass is 10.1. The molecule has 0 saturated heterocycles. The van der Waals surface area contributed by atoms with Crippen molar-refractivity contribution in [2.24, 2.45) is 10.2 Å². The van der Waals surface area contributed by atoms with Gasteiger partial charge in [0.1, 0.15) is 42.0 Å². The normalized spacial score (nSPS) is 9.92. The van der Waals surface area contributed by atoms with E-state index < -0.39 is 4.92 Å². The van der Waals surface area contributed by atoms with E-state index in [0.29, 0.717) is 17.5 Å². The molecule has 0 amide bonds. The Kier molecular flexibility index (Phi) is 8.79. The fourth-order valence-electron chi connectivity index (χ4n) is 3.08. The van der Waals surface area contributed by atoms with Crippen LogP contribution in [-0.4, -0.2) is 29.3 Å². The molecular formula is C25H18N8O4. The van der Waals surface area contributed by atoms with Crippen molar-refractivity contribution in [2.45, 2.75) is 6.92 Å². The van der Waals surface area contributed by atoms with Crippen LogP contribution in [0.5, 0.6) is 0 Å². The first-order valence-corrected chi connectivity index (χ1v) is 10.6. The van der Waals surface area contributed by atoms with Gasteiger partial charge in [0.05, 0.1) is 22.6 Å². The van der Waals surface area contributed by atoms with Gasteiger partial charge in [0.15, 0.2) is 12.1 Å². The van der Waals surface area contributed by atoms with Gasteiger partial charge in [-0.1, -0.05) is 18.2 Å². The number of nitriles is 2. The molecule has 0 aliphatic heterocycles. The summed E-state index contributed by atoms with van der Waals surface area (Å²) in [5.41, 5.74) is 1.43. The molecule has 2 N–H and O–H groups in total. The Bertz CT molecular complexity index is 1500. The van der Waals surface area contributed by atoms with Gasteiger partial charge in [-0.05, 0) is 25.1 Å². The molecule has 0 saturated carbocycles. The van der Waals surface area contributed by atoms with Gasteiger partial charge < -0.3 is 15.4 Å². The molecule has 12 heteroatoms. The fourth-order valence-corrected chi connectivity index (χ4v) is 3.08. The Hall–Kier alpha value is -5.80. The van der Waals surface area contributed by atoms with Crippen LogP contribution in [0.2, 0.25) is 0 Å². The maximum atomic E-state index is 11.0. The third-order valence-electron chi connectivity index (χ3n) is 4.82. The molecule has 3 aromatic rings. The summed E-state index contributed by atoms with van der Waals surface area (Å²) in [5.74, 6) is 2.67. The smallest absolute Gasteiger partial charge is 0.270 e. The number of benzene rings is 2. The molecule has 37 heavy (non-hydrogen) atoms. The number of nitro groups is 1. The van der Waals surface area contributed by atoms with Crippen LogP contribution in [0.1, 0.15) is 16.7 Å². The average Bonchev–Trinajstić information content (AvgIpc) is 2.91. The van der Waals surface area contributed by atoms with Gasteiger partial charge in [-0.15, -0.1) is 10.2 Å². The lowest BCUT2D eigenvalue weighted by Crippen LogP contribution is -2.12. The van der Waals surface area contributed by atoms with Crippen molar-refractivity contribution in [3.8, 4) is 24.2 Å². The van der Waals surface area contributed by atoms with E-state index in [4.69, 9.17) is 4.74 Å². The summed E-state index contributed by atoms with van der Waals surface area (Å²) in [7, 11) is 0. The molecule has 0 radical (unpaired) electrons. The van der Waals surface area contributed by atoms with Gasteiger partial charge in [-0.25, -0.2) is 4.98 Å². The second-order valence-electron chi connectivity index (χ2n) is 7.17. The molecule has 0 unspecified atom stereocenters. The lowest BCUT2D eigenvalue weighted by Gasteiger charge is -2.15. The van der Waals surface area contributed by atoms with Crippen LogP contribution >= 0.6 is 0 Å². The van der Waals surface area contributed by atoms with Gasteiger partial charge in [0.25, 0.3) is 5.69 Å². The monoisotopic (exact) mass is 494 g/mol. The highest BCUT2D eigenvalue weighted by molar-refractivity contribution is 5.77. The van der Waals surface area contributed by atoms with Crippen LogP contribution in [0, 0.1) is 51.7 Å². The average molecular weight is 494 g/mol. The summed E-state index contributed by atoms with van der Waals surface area (Å²) >= 11 is 0. The number of ether oxygens (including phenoxy) is 1. The van der Waals surface area contributed by atoms with Gasteiger partial charge in [0.2, 0.25) is 0 Å². The Morgan fingerprint density at radius 2 is 1.92 bits per heavy atom. The van der Waals surface area contributed by atoms with Gasteiger partial charge in [-0.3, -0.25) is 14.9 Å². The number of aromatic nitrogens is 1. The second kappa shape index (κ2) is 12.6. The number of hydrogen-bond acceptors (Lipinski definition) is 11. The molecule has 0 bridgehead atoms. The van der Waals surface area contributed by atoms with E-state index in [0.717, 1.165) is 6.07 Å². The maximum absolute atomic E-state index is 11.0. The molecule has 0 atom stereocenters. The fraction of sp³-hybridized carbons (Fsp3) is 0.120. The Morgan fingerprint density at radius 1 is 1.14 bits per heavy atom. The summed E-state index contributed by atoms with van der Waals surface area (Å²) in [5, 5.41) is 44.8. The molecule has 0 spiro atoms. The summed E-state index contributed by atoms with van der Waals surface area (Å²) in [6.45, 7) is 2.05. The van der Waals surface area contributed by atoms with Crippen molar-refractivity contribution < 1.29 is 14.5 Å². The van der Waals surface area contributed by atoms with Crippen LogP contribution in [-0.2, 0) is 9.53 Å². The van der Waals surface area contributed by atoms with Gasteiger partial charge in [0, 0.05) is 29.3 Å². The lowest BCUT2D eigenvalue weighted by molar-refractivity contribution is -0.384. The number of carbonyl (C=O) groups excluding carboxylic acids is 1. The van der Waals surface area contributed by atoms with Crippen LogP contribution in [0.25, 0.3) is 0 Å². The number of nitrogens with zero attached hydrogens (tertiary/aromatic N) is 6. The summed E-state index contributed by atoms with van der Waals surface area (Å²) < 4.78 is 5.00. The van der Waals surface area contributed by atoms with E-state index >= 15 is 0 Å². The predicted octanol–water partition coefficient (Wildman–Crippen LogP) is 4.79. The number of rotatable bonds is 9. The molecular weight excluding hydrogens is 476 g/mol. The van der Waals surface area contributed by atoms with E-state index in [-0.39, 0.29) is 53.0 Å². The minimum Gasteiger partial charge on any atom is -0.444 e. The zero-order valence-corrected chi connectivity index (χ0v) is 19.4. The highest BCUT2D eigenvalue weighted by atomic mass is 16.6. The molecule has 182 valence electrons. The zero-order chi connectivity index (χ0) is 26.6. The minimum absolute atomic E-state index is 0.0300. The number of nitrogens with one attached hydrogen (secondary N) is 2. The van der Waals surface area contributed by atoms with E-state index in [9.17, 15) is 25.4 Å². The number of anilines is 3. The number of nitro benzene ring substituents is 1. The van der Waals surface area contributed by atoms with Crippen molar-refractivity contribution >= 4 is 40.7 Å². The Balaban J connectivity index is 2.03. The largest absolute Gasteiger partial charge is 0.444 e. The van der Waals surface area contributed by atoms with Crippen LogP contribution in [0.3, 0.4) is 0 Å². The van der Waals surface area contributed by atoms with E-state index in [1.807, 2.05) is 36.4 Å². The van der Waals surface area contributed by atoms with Gasteiger partial charge >= 0.3 is 0 Å². The molecule has 1 heterocycles. The highest BCUT2D eigenvalue weighted by Gasteiger charge is 2.18. The van der Waals surface area contributed by atoms with Crippen LogP contribution in [0.4, 0.5) is 34.4 Å². The third kappa shape index (κ3) is 6.63.